The number of likely N-dealkylation sites (tertiary alicyclic amines) is 1. The summed E-state index contributed by atoms with van der Waals surface area (Å²) < 4.78 is 5.36. The fourth-order valence-corrected chi connectivity index (χ4v) is 2.06. The van der Waals surface area contributed by atoms with Crippen LogP contribution in [0.25, 0.3) is 0 Å². The number of amides is 1. The van der Waals surface area contributed by atoms with Crippen LogP contribution < -0.4 is 0 Å². The number of carbonyl (C=O) groups is 2. The zero-order valence-corrected chi connectivity index (χ0v) is 11.3. The Morgan fingerprint density at radius 3 is 2.47 bits per heavy atom. The van der Waals surface area contributed by atoms with E-state index < -0.39 is 11.1 Å². The molecule has 1 rings (SSSR count). The van der Waals surface area contributed by atoms with E-state index in [1.807, 2.05) is 27.7 Å². The highest BCUT2D eigenvalue weighted by Gasteiger charge is 2.38. The fraction of sp³-hybridized carbons (Fsp3) is 0.846. The largest absolute Gasteiger partial charge is 0.444 e. The van der Waals surface area contributed by atoms with Gasteiger partial charge >= 0.3 is 6.09 Å². The molecule has 1 aliphatic rings. The summed E-state index contributed by atoms with van der Waals surface area (Å²) in [6.07, 6.45) is 4.19. The maximum absolute atomic E-state index is 12.1. The number of nitrogens with zero attached hydrogens (tertiary/aromatic N) is 1. The molecule has 4 heteroatoms. The summed E-state index contributed by atoms with van der Waals surface area (Å²) in [4.78, 5) is 24.9. The van der Waals surface area contributed by atoms with Crippen molar-refractivity contribution in [2.75, 3.05) is 6.54 Å². The van der Waals surface area contributed by atoms with Crippen molar-refractivity contribution in [1.29, 1.82) is 0 Å². The van der Waals surface area contributed by atoms with Gasteiger partial charge in [0.2, 0.25) is 0 Å². The first kappa shape index (κ1) is 14.0. The quantitative estimate of drug-likeness (QED) is 0.663. The van der Waals surface area contributed by atoms with E-state index in [0.717, 1.165) is 32.0 Å². The van der Waals surface area contributed by atoms with E-state index in [0.29, 0.717) is 6.54 Å². The van der Waals surface area contributed by atoms with Crippen molar-refractivity contribution in [2.24, 2.45) is 0 Å². The van der Waals surface area contributed by atoms with Crippen LogP contribution in [0.15, 0.2) is 0 Å². The van der Waals surface area contributed by atoms with Gasteiger partial charge in [-0.15, -0.1) is 0 Å². The van der Waals surface area contributed by atoms with Crippen LogP contribution in [0.5, 0.6) is 0 Å². The maximum atomic E-state index is 12.1. The van der Waals surface area contributed by atoms with Crippen molar-refractivity contribution >= 4 is 12.4 Å². The molecule has 1 atom stereocenters. The van der Waals surface area contributed by atoms with Crippen LogP contribution in [0.4, 0.5) is 4.79 Å². The van der Waals surface area contributed by atoms with Crippen molar-refractivity contribution in [3.8, 4) is 0 Å². The Hall–Kier alpha value is -1.06. The predicted molar refractivity (Wildman–Crippen MR) is 65.9 cm³/mol. The summed E-state index contributed by atoms with van der Waals surface area (Å²) >= 11 is 0. The lowest BCUT2D eigenvalue weighted by Crippen LogP contribution is -2.52. The number of carbonyl (C=O) groups excluding carboxylic acids is 2. The first-order valence-electron chi connectivity index (χ1n) is 6.25. The summed E-state index contributed by atoms with van der Waals surface area (Å²) in [6, 6.07) is 0. The average Bonchev–Trinajstić information content (AvgIpc) is 2.38. The molecule has 1 aliphatic heterocycles. The third kappa shape index (κ3) is 3.72. The Morgan fingerprint density at radius 2 is 1.94 bits per heavy atom. The van der Waals surface area contributed by atoms with Gasteiger partial charge in [-0.25, -0.2) is 4.79 Å². The molecule has 0 aromatic carbocycles. The van der Waals surface area contributed by atoms with Gasteiger partial charge in [0.15, 0.2) is 0 Å². The number of rotatable bonds is 1. The summed E-state index contributed by atoms with van der Waals surface area (Å²) in [5, 5.41) is 0. The molecule has 1 saturated heterocycles. The van der Waals surface area contributed by atoms with Crippen LogP contribution in [0, 0.1) is 0 Å². The van der Waals surface area contributed by atoms with Crippen LogP contribution in [-0.2, 0) is 9.53 Å². The molecule has 1 amide bonds. The van der Waals surface area contributed by atoms with E-state index >= 15 is 0 Å². The molecule has 0 N–H and O–H groups in total. The highest BCUT2D eigenvalue weighted by Crippen LogP contribution is 2.27. The SMILES string of the molecule is CC(C)(C)OC(=O)N1CCCCCC1(C)C=O. The van der Waals surface area contributed by atoms with Crippen molar-refractivity contribution in [1.82, 2.24) is 4.90 Å². The molecule has 17 heavy (non-hydrogen) atoms. The zero-order chi connectivity index (χ0) is 13.1. The molecular formula is C13H23NO3. The second-order valence-corrected chi connectivity index (χ2v) is 5.92. The topological polar surface area (TPSA) is 46.6 Å². The molecule has 0 aliphatic carbocycles. The Morgan fingerprint density at radius 1 is 1.29 bits per heavy atom. The molecular weight excluding hydrogens is 218 g/mol. The van der Waals surface area contributed by atoms with Crippen molar-refractivity contribution in [3.05, 3.63) is 0 Å². The van der Waals surface area contributed by atoms with Gasteiger partial charge in [0.1, 0.15) is 11.9 Å². The van der Waals surface area contributed by atoms with E-state index in [9.17, 15) is 9.59 Å². The van der Waals surface area contributed by atoms with Crippen LogP contribution in [0.3, 0.4) is 0 Å². The second-order valence-electron chi connectivity index (χ2n) is 5.92. The Bertz CT molecular complexity index is 296. The van der Waals surface area contributed by atoms with E-state index in [1.165, 1.54) is 0 Å². The zero-order valence-electron chi connectivity index (χ0n) is 11.3. The van der Waals surface area contributed by atoms with Crippen LogP contribution in [0.2, 0.25) is 0 Å². The van der Waals surface area contributed by atoms with E-state index in [1.54, 1.807) is 4.90 Å². The van der Waals surface area contributed by atoms with Gasteiger partial charge in [-0.2, -0.15) is 0 Å². The lowest BCUT2D eigenvalue weighted by atomic mass is 9.96. The molecule has 1 unspecified atom stereocenters. The third-order valence-electron chi connectivity index (χ3n) is 3.05. The molecule has 0 radical (unpaired) electrons. The van der Waals surface area contributed by atoms with Gasteiger partial charge < -0.3 is 9.53 Å². The lowest BCUT2D eigenvalue weighted by molar-refractivity contribution is -0.118. The minimum atomic E-state index is -0.709. The summed E-state index contributed by atoms with van der Waals surface area (Å²) in [6.45, 7) is 7.92. The van der Waals surface area contributed by atoms with Crippen molar-refractivity contribution < 1.29 is 14.3 Å². The number of ether oxygens (including phenoxy) is 1. The van der Waals surface area contributed by atoms with Gasteiger partial charge in [0.25, 0.3) is 0 Å². The lowest BCUT2D eigenvalue weighted by Gasteiger charge is -2.36. The van der Waals surface area contributed by atoms with E-state index in [2.05, 4.69) is 0 Å². The highest BCUT2D eigenvalue weighted by molar-refractivity contribution is 5.76. The molecule has 1 heterocycles. The van der Waals surface area contributed by atoms with Crippen molar-refractivity contribution in [2.45, 2.75) is 64.5 Å². The smallest absolute Gasteiger partial charge is 0.411 e. The second kappa shape index (κ2) is 5.07. The fourth-order valence-electron chi connectivity index (χ4n) is 2.06. The van der Waals surface area contributed by atoms with Gasteiger partial charge in [0.05, 0.1) is 5.54 Å². The Kier molecular flexibility index (Phi) is 4.17. The van der Waals surface area contributed by atoms with Crippen LogP contribution >= 0.6 is 0 Å². The van der Waals surface area contributed by atoms with Gasteiger partial charge in [-0.3, -0.25) is 4.90 Å². The van der Waals surface area contributed by atoms with Gasteiger partial charge in [-0.05, 0) is 40.5 Å². The molecule has 4 nitrogen and oxygen atoms in total. The minimum Gasteiger partial charge on any atom is -0.444 e. The van der Waals surface area contributed by atoms with E-state index in [-0.39, 0.29) is 6.09 Å². The number of hydrogen-bond donors (Lipinski definition) is 0. The molecule has 0 spiro atoms. The predicted octanol–water partition coefficient (Wildman–Crippen LogP) is 2.76. The molecule has 98 valence electrons. The first-order valence-corrected chi connectivity index (χ1v) is 6.25. The third-order valence-corrected chi connectivity index (χ3v) is 3.05. The molecule has 1 fully saturated rings. The maximum Gasteiger partial charge on any atom is 0.411 e. The van der Waals surface area contributed by atoms with Gasteiger partial charge in [-0.1, -0.05) is 12.8 Å². The van der Waals surface area contributed by atoms with E-state index in [4.69, 9.17) is 4.74 Å². The minimum absolute atomic E-state index is 0.381. The number of aldehydes is 1. The summed E-state index contributed by atoms with van der Waals surface area (Å²) in [5.74, 6) is 0. The standard InChI is InChI=1S/C13H23NO3/c1-12(2,3)17-11(16)14-9-7-5-6-8-13(14,4)10-15/h10H,5-9H2,1-4H3. The normalized spacial score (nSPS) is 26.2. The summed E-state index contributed by atoms with van der Waals surface area (Å²) in [5.41, 5.74) is -1.23. The van der Waals surface area contributed by atoms with Crippen LogP contribution in [0.1, 0.15) is 53.4 Å². The molecule has 0 aromatic heterocycles. The first-order chi connectivity index (χ1) is 7.78. The molecule has 0 bridgehead atoms. The van der Waals surface area contributed by atoms with Crippen LogP contribution in [-0.4, -0.2) is 35.0 Å². The Labute approximate surface area is 103 Å². The van der Waals surface area contributed by atoms with Gasteiger partial charge in [0, 0.05) is 6.54 Å². The van der Waals surface area contributed by atoms with Crippen molar-refractivity contribution in [3.63, 3.8) is 0 Å². The summed E-state index contributed by atoms with van der Waals surface area (Å²) in [7, 11) is 0. The molecule has 0 saturated carbocycles. The molecule has 0 aromatic rings. The Balaban J connectivity index is 2.83. The highest BCUT2D eigenvalue weighted by atomic mass is 16.6. The average molecular weight is 241 g/mol. The number of hydrogen-bond acceptors (Lipinski definition) is 3. The monoisotopic (exact) mass is 241 g/mol.